The summed E-state index contributed by atoms with van der Waals surface area (Å²) in [6.45, 7) is 1.76. The van der Waals surface area contributed by atoms with Crippen molar-refractivity contribution in [2.75, 3.05) is 6.54 Å². The number of nitrogens with one attached hydrogen (secondary N) is 1. The number of rotatable bonds is 5. The van der Waals surface area contributed by atoms with E-state index in [-0.39, 0.29) is 12.5 Å². The normalized spacial score (nSPS) is 11.5. The number of amides is 2. The SMILES string of the molecule is C/C=C/C=C/C=C/C(=O)NCC(N)=O. The second-order valence-corrected chi connectivity index (χ2v) is 2.45. The predicted molar refractivity (Wildman–Crippen MR) is 55.3 cm³/mol. The summed E-state index contributed by atoms with van der Waals surface area (Å²) in [4.78, 5) is 21.2. The monoisotopic (exact) mass is 194 g/mol. The summed E-state index contributed by atoms with van der Waals surface area (Å²) in [7, 11) is 0. The third-order valence-electron chi connectivity index (χ3n) is 1.21. The summed E-state index contributed by atoms with van der Waals surface area (Å²) >= 11 is 0. The van der Waals surface area contributed by atoms with Gasteiger partial charge in [-0.2, -0.15) is 0 Å². The van der Waals surface area contributed by atoms with Crippen LogP contribution in [0.3, 0.4) is 0 Å². The number of hydrogen-bond donors (Lipinski definition) is 2. The average Bonchev–Trinajstić information content (AvgIpc) is 2.14. The van der Waals surface area contributed by atoms with Gasteiger partial charge >= 0.3 is 0 Å². The van der Waals surface area contributed by atoms with E-state index in [1.807, 2.05) is 19.1 Å². The van der Waals surface area contributed by atoms with Gasteiger partial charge in [0.05, 0.1) is 6.54 Å². The second-order valence-electron chi connectivity index (χ2n) is 2.45. The molecular weight excluding hydrogens is 180 g/mol. The Morgan fingerprint density at radius 2 is 1.86 bits per heavy atom. The summed E-state index contributed by atoms with van der Waals surface area (Å²) in [6, 6.07) is 0. The lowest BCUT2D eigenvalue weighted by molar-refractivity contribution is -0.122. The lowest BCUT2D eigenvalue weighted by Gasteiger charge is -1.95. The minimum absolute atomic E-state index is 0.137. The standard InChI is InChI=1S/C10H14N2O2/c1-2-3-4-5-6-7-10(14)12-8-9(11)13/h2-7H,8H2,1H3,(H2,11,13)(H,12,14)/b3-2+,5-4+,7-6+. The van der Waals surface area contributed by atoms with Crippen molar-refractivity contribution in [1.29, 1.82) is 0 Å². The molecule has 0 fully saturated rings. The Balaban J connectivity index is 3.76. The molecule has 0 spiro atoms. The van der Waals surface area contributed by atoms with E-state index < -0.39 is 5.91 Å². The van der Waals surface area contributed by atoms with E-state index in [0.29, 0.717) is 0 Å². The van der Waals surface area contributed by atoms with Gasteiger partial charge in [-0.05, 0) is 6.92 Å². The van der Waals surface area contributed by atoms with E-state index in [0.717, 1.165) is 0 Å². The highest BCUT2D eigenvalue weighted by Gasteiger charge is 1.95. The summed E-state index contributed by atoms with van der Waals surface area (Å²) in [5.74, 6) is -0.898. The third-order valence-corrected chi connectivity index (χ3v) is 1.21. The molecule has 0 unspecified atom stereocenters. The molecule has 3 N–H and O–H groups in total. The molecule has 0 aromatic carbocycles. The van der Waals surface area contributed by atoms with Crippen LogP contribution in [0.15, 0.2) is 36.5 Å². The number of carbonyl (C=O) groups is 2. The lowest BCUT2D eigenvalue weighted by atomic mass is 10.4. The van der Waals surface area contributed by atoms with Gasteiger partial charge in [-0.25, -0.2) is 0 Å². The first-order valence-corrected chi connectivity index (χ1v) is 4.19. The second kappa shape index (κ2) is 7.79. The van der Waals surface area contributed by atoms with Crippen LogP contribution in [0.4, 0.5) is 0 Å². The first-order chi connectivity index (χ1) is 6.66. The molecule has 0 saturated heterocycles. The maximum atomic E-state index is 10.9. The third kappa shape index (κ3) is 8.26. The van der Waals surface area contributed by atoms with E-state index in [2.05, 4.69) is 5.32 Å². The molecule has 2 amide bonds. The maximum absolute atomic E-state index is 10.9. The Morgan fingerprint density at radius 1 is 1.21 bits per heavy atom. The van der Waals surface area contributed by atoms with Crippen LogP contribution >= 0.6 is 0 Å². The van der Waals surface area contributed by atoms with Crippen LogP contribution in [0, 0.1) is 0 Å². The average molecular weight is 194 g/mol. The first kappa shape index (κ1) is 12.2. The number of allylic oxidation sites excluding steroid dienone is 5. The fourth-order valence-electron chi connectivity index (χ4n) is 0.616. The molecule has 4 heteroatoms. The Morgan fingerprint density at radius 3 is 2.43 bits per heavy atom. The van der Waals surface area contributed by atoms with Crippen molar-refractivity contribution in [2.24, 2.45) is 5.73 Å². The molecule has 0 aliphatic carbocycles. The van der Waals surface area contributed by atoms with Gasteiger partial charge in [0.2, 0.25) is 11.8 Å². The first-order valence-electron chi connectivity index (χ1n) is 4.19. The zero-order chi connectivity index (χ0) is 10.8. The molecule has 0 aliphatic rings. The molecule has 76 valence electrons. The highest BCUT2D eigenvalue weighted by atomic mass is 16.2. The van der Waals surface area contributed by atoms with Crippen LogP contribution in [0.25, 0.3) is 0 Å². The van der Waals surface area contributed by atoms with E-state index in [1.54, 1.807) is 18.2 Å². The number of carbonyl (C=O) groups excluding carboxylic acids is 2. The smallest absolute Gasteiger partial charge is 0.244 e. The number of hydrogen-bond acceptors (Lipinski definition) is 2. The Labute approximate surface area is 83.2 Å². The van der Waals surface area contributed by atoms with E-state index >= 15 is 0 Å². The van der Waals surface area contributed by atoms with Crippen LogP contribution in [0.1, 0.15) is 6.92 Å². The van der Waals surface area contributed by atoms with Crippen molar-refractivity contribution in [3.8, 4) is 0 Å². The van der Waals surface area contributed by atoms with Crippen LogP contribution in [-0.2, 0) is 9.59 Å². The van der Waals surface area contributed by atoms with Crippen LogP contribution in [0.2, 0.25) is 0 Å². The Bertz CT molecular complexity index is 278. The van der Waals surface area contributed by atoms with Crippen LogP contribution in [0.5, 0.6) is 0 Å². The van der Waals surface area contributed by atoms with Crippen molar-refractivity contribution in [3.05, 3.63) is 36.5 Å². The van der Waals surface area contributed by atoms with Crippen molar-refractivity contribution in [1.82, 2.24) is 5.32 Å². The van der Waals surface area contributed by atoms with Gasteiger partial charge in [-0.3, -0.25) is 9.59 Å². The van der Waals surface area contributed by atoms with E-state index in [4.69, 9.17) is 5.73 Å². The molecular formula is C10H14N2O2. The van der Waals surface area contributed by atoms with Gasteiger partial charge in [0.15, 0.2) is 0 Å². The van der Waals surface area contributed by atoms with Crippen molar-refractivity contribution < 1.29 is 9.59 Å². The summed E-state index contributed by atoms with van der Waals surface area (Å²) in [6.07, 6.45) is 10.1. The van der Waals surface area contributed by atoms with Crippen molar-refractivity contribution in [2.45, 2.75) is 6.92 Å². The Kier molecular flexibility index (Phi) is 6.77. The highest BCUT2D eigenvalue weighted by Crippen LogP contribution is 1.80. The summed E-state index contributed by atoms with van der Waals surface area (Å²) < 4.78 is 0. The van der Waals surface area contributed by atoms with Gasteiger partial charge in [0.25, 0.3) is 0 Å². The predicted octanol–water partition coefficient (Wildman–Crippen LogP) is 0.276. The molecule has 0 bridgehead atoms. The fraction of sp³-hybridized carbons (Fsp3) is 0.200. The molecule has 0 rings (SSSR count). The quantitative estimate of drug-likeness (QED) is 0.487. The topological polar surface area (TPSA) is 72.2 Å². The van der Waals surface area contributed by atoms with Gasteiger partial charge in [-0.1, -0.05) is 30.4 Å². The molecule has 14 heavy (non-hydrogen) atoms. The maximum Gasteiger partial charge on any atom is 0.244 e. The van der Waals surface area contributed by atoms with Gasteiger partial charge in [0, 0.05) is 6.08 Å². The van der Waals surface area contributed by atoms with E-state index in [1.165, 1.54) is 6.08 Å². The fourth-order valence-corrected chi connectivity index (χ4v) is 0.616. The molecule has 0 aromatic heterocycles. The van der Waals surface area contributed by atoms with Crippen LogP contribution in [-0.4, -0.2) is 18.4 Å². The van der Waals surface area contributed by atoms with E-state index in [9.17, 15) is 9.59 Å². The van der Waals surface area contributed by atoms with Crippen molar-refractivity contribution >= 4 is 11.8 Å². The number of nitrogens with two attached hydrogens (primary N) is 1. The zero-order valence-electron chi connectivity index (χ0n) is 8.07. The van der Waals surface area contributed by atoms with Crippen LogP contribution < -0.4 is 11.1 Å². The lowest BCUT2D eigenvalue weighted by Crippen LogP contribution is -2.32. The molecule has 0 radical (unpaired) electrons. The van der Waals surface area contributed by atoms with Gasteiger partial charge < -0.3 is 11.1 Å². The zero-order valence-corrected chi connectivity index (χ0v) is 8.07. The number of primary amides is 1. The van der Waals surface area contributed by atoms with Crippen molar-refractivity contribution in [3.63, 3.8) is 0 Å². The minimum Gasteiger partial charge on any atom is -0.368 e. The highest BCUT2D eigenvalue weighted by molar-refractivity contribution is 5.90. The molecule has 0 heterocycles. The summed E-state index contributed by atoms with van der Waals surface area (Å²) in [5, 5.41) is 2.32. The van der Waals surface area contributed by atoms with Gasteiger partial charge in [0.1, 0.15) is 0 Å². The van der Waals surface area contributed by atoms with Gasteiger partial charge in [-0.15, -0.1) is 0 Å². The largest absolute Gasteiger partial charge is 0.368 e. The Hall–Kier alpha value is -1.84. The molecule has 0 atom stereocenters. The molecule has 0 aromatic rings. The minimum atomic E-state index is -0.559. The molecule has 4 nitrogen and oxygen atoms in total. The summed E-state index contributed by atoms with van der Waals surface area (Å²) in [5.41, 5.74) is 4.83. The molecule has 0 saturated carbocycles. The molecule has 0 aliphatic heterocycles.